The zero-order chi connectivity index (χ0) is 32.1. The molecule has 8 nitrogen and oxygen atoms in total. The Morgan fingerprint density at radius 1 is 1.17 bits per heavy atom. The zero-order valence-corrected chi connectivity index (χ0v) is 27.2. The van der Waals surface area contributed by atoms with Crippen LogP contribution in [-0.4, -0.2) is 75.0 Å². The minimum Gasteiger partial charge on any atom is -0.494 e. The highest BCUT2D eigenvalue weighted by atomic mass is 32.1. The van der Waals surface area contributed by atoms with Crippen molar-refractivity contribution in [2.24, 2.45) is 0 Å². The van der Waals surface area contributed by atoms with E-state index in [-0.39, 0.29) is 18.6 Å². The van der Waals surface area contributed by atoms with E-state index >= 15 is 4.39 Å². The van der Waals surface area contributed by atoms with Gasteiger partial charge < -0.3 is 19.6 Å². The molecule has 1 amide bonds. The van der Waals surface area contributed by atoms with Crippen LogP contribution in [0.1, 0.15) is 48.2 Å². The van der Waals surface area contributed by atoms with Crippen molar-refractivity contribution in [3.8, 4) is 22.6 Å². The first-order valence-electron chi connectivity index (χ1n) is 15.8. The maximum Gasteiger partial charge on any atom is 0.246 e. The van der Waals surface area contributed by atoms with E-state index in [2.05, 4.69) is 48.2 Å². The Balaban J connectivity index is 1.42. The summed E-state index contributed by atoms with van der Waals surface area (Å²) >= 11 is 1.59. The number of carbonyl (C=O) groups excluding carboxylic acids is 1. The van der Waals surface area contributed by atoms with Gasteiger partial charge in [-0.3, -0.25) is 9.48 Å². The second kappa shape index (κ2) is 12.2. The van der Waals surface area contributed by atoms with Crippen LogP contribution >= 0.6 is 11.3 Å². The van der Waals surface area contributed by atoms with Crippen molar-refractivity contribution in [2.45, 2.75) is 51.3 Å². The summed E-state index contributed by atoms with van der Waals surface area (Å²) in [6, 6.07) is 10.6. The molecule has 0 spiro atoms. The van der Waals surface area contributed by atoms with Gasteiger partial charge >= 0.3 is 0 Å². The van der Waals surface area contributed by atoms with Gasteiger partial charge in [0.05, 0.1) is 41.7 Å². The summed E-state index contributed by atoms with van der Waals surface area (Å²) in [5.74, 6) is -0.627. The van der Waals surface area contributed by atoms with Gasteiger partial charge in [0.15, 0.2) is 0 Å². The van der Waals surface area contributed by atoms with E-state index in [1.165, 1.54) is 23.3 Å². The Morgan fingerprint density at radius 2 is 1.98 bits per heavy atom. The summed E-state index contributed by atoms with van der Waals surface area (Å²) in [4.78, 5) is 22.2. The minimum atomic E-state index is -0.706. The molecular formula is C36H38FN5O3S. The average molecular weight is 640 g/mol. The number of aliphatic hydroxyl groups excluding tert-OH is 1. The lowest BCUT2D eigenvalue weighted by Crippen LogP contribution is -2.40. The summed E-state index contributed by atoms with van der Waals surface area (Å²) in [6.07, 6.45) is 5.58. The van der Waals surface area contributed by atoms with Crippen molar-refractivity contribution in [2.75, 3.05) is 33.3 Å². The largest absolute Gasteiger partial charge is 0.494 e. The van der Waals surface area contributed by atoms with Gasteiger partial charge in [-0.25, -0.2) is 9.37 Å². The van der Waals surface area contributed by atoms with Gasteiger partial charge in [0.2, 0.25) is 5.91 Å². The van der Waals surface area contributed by atoms with Crippen LogP contribution in [0.4, 0.5) is 4.39 Å². The number of likely N-dealkylation sites (N-methyl/N-ethyl adjacent to an activating group) is 1. The number of amides is 1. The third kappa shape index (κ3) is 5.48. The number of hydrogen-bond donors (Lipinski definition) is 1. The van der Waals surface area contributed by atoms with Crippen LogP contribution < -0.4 is 0 Å². The average Bonchev–Trinajstić information content (AvgIpc) is 3.77. The topological polar surface area (TPSA) is 83.7 Å². The van der Waals surface area contributed by atoms with Crippen molar-refractivity contribution >= 4 is 27.3 Å². The molecule has 0 saturated carbocycles. The van der Waals surface area contributed by atoms with Crippen molar-refractivity contribution < 1.29 is 19.0 Å². The van der Waals surface area contributed by atoms with Crippen LogP contribution in [0.5, 0.6) is 0 Å². The first-order valence-corrected chi connectivity index (χ1v) is 16.7. The molecule has 46 heavy (non-hydrogen) atoms. The van der Waals surface area contributed by atoms with Gasteiger partial charge in [-0.2, -0.15) is 5.10 Å². The van der Waals surface area contributed by atoms with Gasteiger partial charge in [-0.1, -0.05) is 18.7 Å². The fourth-order valence-corrected chi connectivity index (χ4v) is 7.84. The van der Waals surface area contributed by atoms with E-state index in [0.29, 0.717) is 30.2 Å². The summed E-state index contributed by atoms with van der Waals surface area (Å²) in [7, 11) is 2.17. The molecule has 2 aliphatic heterocycles. The van der Waals surface area contributed by atoms with E-state index < -0.39 is 17.8 Å². The standard InChI is InChI=1S/C36H38FN5O3S/c1-5-32(44)41-13-14-42-30(22(41)3)19-29(39-42)35-33(28-17-26(37)18-31(28)45-20-21(2)43)36-27(10-15-46-36)34(38-35)25-7-6-23-8-11-40(4)12-9-24(23)16-25/h5-7,10,15-19,21-22,28,43H,1,8-9,11-14,20H2,2-4H3. The summed E-state index contributed by atoms with van der Waals surface area (Å²) in [6.45, 7) is 10.5. The molecular weight excluding hydrogens is 601 g/mol. The summed E-state index contributed by atoms with van der Waals surface area (Å²) in [5.41, 5.74) is 7.64. The maximum atomic E-state index is 15.0. The summed E-state index contributed by atoms with van der Waals surface area (Å²) in [5, 5.41) is 18.0. The third-order valence-electron chi connectivity index (χ3n) is 9.32. The number of rotatable bonds is 7. The number of aromatic nitrogens is 3. The molecule has 7 rings (SSSR count). The molecule has 0 bridgehead atoms. The molecule has 1 aromatic carbocycles. The molecule has 4 aromatic rings. The van der Waals surface area contributed by atoms with Gasteiger partial charge in [0, 0.05) is 46.9 Å². The smallest absolute Gasteiger partial charge is 0.246 e. The van der Waals surface area contributed by atoms with Gasteiger partial charge in [0.25, 0.3) is 0 Å². The Morgan fingerprint density at radius 3 is 2.76 bits per heavy atom. The first-order chi connectivity index (χ1) is 22.2. The number of fused-ring (bicyclic) bond motifs is 3. The number of nitrogens with zero attached hydrogens (tertiary/aromatic N) is 5. The van der Waals surface area contributed by atoms with Crippen molar-refractivity contribution in [3.05, 3.63) is 94.5 Å². The fourth-order valence-electron chi connectivity index (χ4n) is 6.86. The van der Waals surface area contributed by atoms with Crippen LogP contribution in [0.2, 0.25) is 0 Å². The molecule has 3 atom stereocenters. The number of hydrogen-bond acceptors (Lipinski definition) is 7. The number of thiophene rings is 1. The lowest BCUT2D eigenvalue weighted by Gasteiger charge is -2.33. The molecule has 1 N–H and O–H groups in total. The number of carbonyl (C=O) groups is 1. The molecule has 5 heterocycles. The van der Waals surface area contributed by atoms with E-state index in [1.807, 2.05) is 17.7 Å². The van der Waals surface area contributed by atoms with E-state index in [4.69, 9.17) is 14.8 Å². The molecule has 3 unspecified atom stereocenters. The zero-order valence-electron chi connectivity index (χ0n) is 26.4. The molecule has 0 fully saturated rings. The maximum absolute atomic E-state index is 15.0. The van der Waals surface area contributed by atoms with Crippen molar-refractivity contribution in [1.82, 2.24) is 24.6 Å². The predicted octanol–water partition coefficient (Wildman–Crippen LogP) is 6.18. The Hall–Kier alpha value is -4.12. The third-order valence-corrected chi connectivity index (χ3v) is 10.3. The van der Waals surface area contributed by atoms with E-state index in [1.54, 1.807) is 29.2 Å². The number of allylic oxidation sites excluding steroid dienone is 3. The lowest BCUT2D eigenvalue weighted by atomic mass is 9.92. The molecule has 10 heteroatoms. The normalized spacial score (nSPS) is 20.5. The molecule has 3 aromatic heterocycles. The van der Waals surface area contributed by atoms with Crippen LogP contribution in [-0.2, 0) is 28.9 Å². The van der Waals surface area contributed by atoms with E-state index in [9.17, 15) is 9.90 Å². The quantitative estimate of drug-likeness (QED) is 0.243. The Kier molecular flexibility index (Phi) is 8.12. The van der Waals surface area contributed by atoms with Crippen LogP contribution in [0.3, 0.4) is 0 Å². The van der Waals surface area contributed by atoms with Crippen molar-refractivity contribution in [1.29, 1.82) is 0 Å². The second-order valence-corrected chi connectivity index (χ2v) is 13.4. The van der Waals surface area contributed by atoms with Gasteiger partial charge in [0.1, 0.15) is 23.9 Å². The van der Waals surface area contributed by atoms with Crippen molar-refractivity contribution in [3.63, 3.8) is 0 Å². The van der Waals surface area contributed by atoms with Gasteiger partial charge in [-0.05, 0) is 80.6 Å². The monoisotopic (exact) mass is 639 g/mol. The number of pyridine rings is 1. The number of halogens is 1. The van der Waals surface area contributed by atoms with Crippen LogP contribution in [0, 0.1) is 0 Å². The van der Waals surface area contributed by atoms with Crippen LogP contribution in [0.25, 0.3) is 32.7 Å². The Bertz CT molecular complexity index is 1910. The first kappa shape index (κ1) is 30.5. The molecule has 1 aliphatic carbocycles. The van der Waals surface area contributed by atoms with Gasteiger partial charge in [-0.15, -0.1) is 11.3 Å². The molecule has 0 saturated heterocycles. The molecule has 3 aliphatic rings. The van der Waals surface area contributed by atoms with E-state index in [0.717, 1.165) is 58.5 Å². The number of benzene rings is 1. The second-order valence-electron chi connectivity index (χ2n) is 12.5. The number of ether oxygens (including phenoxy) is 1. The summed E-state index contributed by atoms with van der Waals surface area (Å²) < 4.78 is 23.9. The fraction of sp³-hybridized carbons (Fsp3) is 0.361. The SMILES string of the molecule is C=CC(=O)N1CCn2nc(-c3nc(-c4ccc5c(c4)CCN(C)CC5)c4ccsc4c3C3C=C(F)C=C3OCC(C)O)cc2C1C. The molecule has 0 radical (unpaired) electrons. The lowest BCUT2D eigenvalue weighted by molar-refractivity contribution is -0.129. The highest BCUT2D eigenvalue weighted by Gasteiger charge is 2.34. The highest BCUT2D eigenvalue weighted by Crippen LogP contribution is 2.47. The highest BCUT2D eigenvalue weighted by molar-refractivity contribution is 7.17. The number of aliphatic hydroxyl groups is 1. The molecule has 238 valence electrons. The minimum absolute atomic E-state index is 0.0473. The van der Waals surface area contributed by atoms with Crippen LogP contribution in [0.15, 0.2) is 72.1 Å². The Labute approximate surface area is 272 Å². The predicted molar refractivity (Wildman–Crippen MR) is 179 cm³/mol.